The SMILES string of the molecule is O=S(=O)(NC1CN(C(c2ccc(Cl)cc2)c2ccc(Cl)cc2)C1)c1ccccc1. The summed E-state index contributed by atoms with van der Waals surface area (Å²) < 4.78 is 27.9. The van der Waals surface area contributed by atoms with Gasteiger partial charge in [0.05, 0.1) is 10.9 Å². The molecule has 29 heavy (non-hydrogen) atoms. The average molecular weight is 447 g/mol. The molecule has 3 aromatic carbocycles. The quantitative estimate of drug-likeness (QED) is 0.594. The van der Waals surface area contributed by atoms with Gasteiger partial charge in [0.25, 0.3) is 0 Å². The second kappa shape index (κ2) is 8.46. The van der Waals surface area contributed by atoms with Crippen LogP contribution in [0.2, 0.25) is 10.0 Å². The van der Waals surface area contributed by atoms with Crippen LogP contribution in [-0.2, 0) is 10.0 Å². The van der Waals surface area contributed by atoms with Gasteiger partial charge in [0.15, 0.2) is 0 Å². The summed E-state index contributed by atoms with van der Waals surface area (Å²) in [6, 6.07) is 23.8. The number of nitrogens with one attached hydrogen (secondary N) is 1. The van der Waals surface area contributed by atoms with E-state index in [9.17, 15) is 8.42 Å². The molecule has 0 aromatic heterocycles. The molecule has 1 aliphatic rings. The normalized spacial score (nSPS) is 15.4. The fourth-order valence-electron chi connectivity index (χ4n) is 3.59. The van der Waals surface area contributed by atoms with Gasteiger partial charge in [-0.25, -0.2) is 13.1 Å². The largest absolute Gasteiger partial charge is 0.289 e. The molecule has 1 heterocycles. The number of likely N-dealkylation sites (tertiary alicyclic amines) is 1. The molecular weight excluding hydrogens is 427 g/mol. The van der Waals surface area contributed by atoms with Crippen molar-refractivity contribution in [3.63, 3.8) is 0 Å². The Balaban J connectivity index is 1.52. The summed E-state index contributed by atoms with van der Waals surface area (Å²) in [6.45, 7) is 1.23. The molecule has 0 bridgehead atoms. The van der Waals surface area contributed by atoms with Gasteiger partial charge in [0, 0.05) is 29.2 Å². The van der Waals surface area contributed by atoms with E-state index in [0.29, 0.717) is 23.1 Å². The number of rotatable bonds is 6. The molecule has 7 heteroatoms. The predicted octanol–water partition coefficient (Wildman–Crippen LogP) is 4.75. The molecule has 1 fully saturated rings. The maximum Gasteiger partial charge on any atom is 0.240 e. The molecule has 1 saturated heterocycles. The van der Waals surface area contributed by atoms with Gasteiger partial charge in [-0.05, 0) is 47.5 Å². The van der Waals surface area contributed by atoms with Crippen molar-refractivity contribution >= 4 is 33.2 Å². The highest BCUT2D eigenvalue weighted by atomic mass is 35.5. The molecule has 0 saturated carbocycles. The Bertz CT molecular complexity index is 1020. The van der Waals surface area contributed by atoms with E-state index < -0.39 is 10.0 Å². The van der Waals surface area contributed by atoms with E-state index in [1.165, 1.54) is 0 Å². The van der Waals surface area contributed by atoms with E-state index in [4.69, 9.17) is 23.2 Å². The summed E-state index contributed by atoms with van der Waals surface area (Å²) in [5, 5.41) is 1.36. The Morgan fingerprint density at radius 3 is 1.76 bits per heavy atom. The van der Waals surface area contributed by atoms with Crippen molar-refractivity contribution in [2.24, 2.45) is 0 Å². The molecule has 0 aliphatic carbocycles. The van der Waals surface area contributed by atoms with E-state index in [1.807, 2.05) is 48.5 Å². The zero-order chi connectivity index (χ0) is 20.4. The first-order valence-corrected chi connectivity index (χ1v) is 11.5. The first-order chi connectivity index (χ1) is 13.9. The minimum atomic E-state index is -3.52. The van der Waals surface area contributed by atoms with Crippen LogP contribution in [0.3, 0.4) is 0 Å². The highest BCUT2D eigenvalue weighted by Gasteiger charge is 2.36. The number of nitrogens with zero attached hydrogens (tertiary/aromatic N) is 1. The molecule has 0 spiro atoms. The van der Waals surface area contributed by atoms with E-state index in [2.05, 4.69) is 9.62 Å². The van der Waals surface area contributed by atoms with Crippen LogP contribution in [0.4, 0.5) is 0 Å². The lowest BCUT2D eigenvalue weighted by Crippen LogP contribution is -2.60. The summed E-state index contributed by atoms with van der Waals surface area (Å²) in [5.41, 5.74) is 2.20. The lowest BCUT2D eigenvalue weighted by atomic mass is 9.93. The van der Waals surface area contributed by atoms with Gasteiger partial charge in [-0.15, -0.1) is 0 Å². The molecule has 3 aromatic rings. The third-order valence-corrected chi connectivity index (χ3v) is 7.06. The van der Waals surface area contributed by atoms with Crippen LogP contribution < -0.4 is 4.72 Å². The van der Waals surface area contributed by atoms with Crippen LogP contribution in [0.5, 0.6) is 0 Å². The van der Waals surface area contributed by atoms with Crippen molar-refractivity contribution in [2.45, 2.75) is 17.0 Å². The summed E-state index contributed by atoms with van der Waals surface area (Å²) in [7, 11) is -3.52. The van der Waals surface area contributed by atoms with Crippen molar-refractivity contribution < 1.29 is 8.42 Å². The minimum Gasteiger partial charge on any atom is -0.289 e. The smallest absolute Gasteiger partial charge is 0.240 e. The number of benzene rings is 3. The molecule has 0 amide bonds. The first-order valence-electron chi connectivity index (χ1n) is 9.25. The highest BCUT2D eigenvalue weighted by molar-refractivity contribution is 7.89. The Hall–Kier alpha value is -1.89. The number of halogens is 2. The second-order valence-corrected chi connectivity index (χ2v) is 9.68. The predicted molar refractivity (Wildman–Crippen MR) is 117 cm³/mol. The topological polar surface area (TPSA) is 49.4 Å². The summed E-state index contributed by atoms with van der Waals surface area (Å²) in [4.78, 5) is 2.52. The monoisotopic (exact) mass is 446 g/mol. The minimum absolute atomic E-state index is 0.00186. The summed E-state index contributed by atoms with van der Waals surface area (Å²) in [6.07, 6.45) is 0. The van der Waals surface area contributed by atoms with Crippen molar-refractivity contribution in [1.29, 1.82) is 0 Å². The van der Waals surface area contributed by atoms with Crippen molar-refractivity contribution in [1.82, 2.24) is 9.62 Å². The molecular formula is C22H20Cl2N2O2S. The van der Waals surface area contributed by atoms with Crippen molar-refractivity contribution in [2.75, 3.05) is 13.1 Å². The Kier molecular flexibility index (Phi) is 5.95. The van der Waals surface area contributed by atoms with Crippen LogP contribution in [0, 0.1) is 0 Å². The molecule has 4 nitrogen and oxygen atoms in total. The van der Waals surface area contributed by atoms with Gasteiger partial charge in [0.1, 0.15) is 0 Å². The Labute approximate surface area is 181 Å². The van der Waals surface area contributed by atoms with Crippen LogP contribution in [0.1, 0.15) is 17.2 Å². The lowest BCUT2D eigenvalue weighted by Gasteiger charge is -2.44. The van der Waals surface area contributed by atoms with Gasteiger partial charge in [-0.2, -0.15) is 0 Å². The third kappa shape index (κ3) is 4.65. The van der Waals surface area contributed by atoms with E-state index in [1.54, 1.807) is 30.3 Å². The molecule has 150 valence electrons. The summed E-state index contributed by atoms with van der Waals surface area (Å²) in [5.74, 6) is 0. The van der Waals surface area contributed by atoms with E-state index in [0.717, 1.165) is 11.1 Å². The number of hydrogen-bond donors (Lipinski definition) is 1. The number of sulfonamides is 1. The van der Waals surface area contributed by atoms with Crippen LogP contribution in [0.25, 0.3) is 0 Å². The van der Waals surface area contributed by atoms with Crippen LogP contribution in [-0.4, -0.2) is 32.4 Å². The molecule has 1 aliphatic heterocycles. The molecule has 1 N–H and O–H groups in total. The van der Waals surface area contributed by atoms with Gasteiger partial charge in [-0.1, -0.05) is 65.7 Å². The van der Waals surface area contributed by atoms with Gasteiger partial charge >= 0.3 is 0 Å². The van der Waals surface area contributed by atoms with Crippen LogP contribution >= 0.6 is 23.2 Å². The lowest BCUT2D eigenvalue weighted by molar-refractivity contribution is 0.105. The molecule has 0 radical (unpaired) electrons. The van der Waals surface area contributed by atoms with Gasteiger partial charge < -0.3 is 0 Å². The Morgan fingerprint density at radius 2 is 1.28 bits per heavy atom. The molecule has 0 atom stereocenters. The maximum atomic E-state index is 12.6. The number of hydrogen-bond acceptors (Lipinski definition) is 3. The first kappa shape index (κ1) is 20.4. The average Bonchev–Trinajstić information content (AvgIpc) is 2.69. The standard InChI is InChI=1S/C22H20Cl2N2O2S/c23-18-10-6-16(7-11-18)22(17-8-12-19(24)13-9-17)26-14-20(15-26)25-29(27,28)21-4-2-1-3-5-21/h1-13,20,22,25H,14-15H2. The van der Waals surface area contributed by atoms with Gasteiger partial charge in [0.2, 0.25) is 10.0 Å². The van der Waals surface area contributed by atoms with Crippen molar-refractivity contribution in [3.8, 4) is 0 Å². The van der Waals surface area contributed by atoms with E-state index in [-0.39, 0.29) is 17.0 Å². The Morgan fingerprint density at radius 1 is 0.793 bits per heavy atom. The molecule has 4 rings (SSSR count). The zero-order valence-corrected chi connectivity index (χ0v) is 17.8. The molecule has 0 unspecified atom stereocenters. The fraction of sp³-hybridized carbons (Fsp3) is 0.182. The maximum absolute atomic E-state index is 12.6. The van der Waals surface area contributed by atoms with Gasteiger partial charge in [-0.3, -0.25) is 4.90 Å². The van der Waals surface area contributed by atoms with E-state index >= 15 is 0 Å². The van der Waals surface area contributed by atoms with Crippen molar-refractivity contribution in [3.05, 3.63) is 100 Å². The zero-order valence-electron chi connectivity index (χ0n) is 15.5. The second-order valence-electron chi connectivity index (χ2n) is 7.09. The summed E-state index contributed by atoms with van der Waals surface area (Å²) >= 11 is 12.1. The highest BCUT2D eigenvalue weighted by Crippen LogP contribution is 2.33. The van der Waals surface area contributed by atoms with Crippen LogP contribution in [0.15, 0.2) is 83.8 Å². The fourth-order valence-corrected chi connectivity index (χ4v) is 5.08. The third-order valence-electron chi connectivity index (χ3n) is 5.02.